The Kier molecular flexibility index (Phi) is 1.90. The first-order valence-corrected chi connectivity index (χ1v) is 3.78. The van der Waals surface area contributed by atoms with Gasteiger partial charge in [0.05, 0.1) is 0 Å². The van der Waals surface area contributed by atoms with Crippen LogP contribution >= 0.6 is 0 Å². The molecule has 0 aromatic rings. The Morgan fingerprint density at radius 2 is 2.09 bits per heavy atom. The van der Waals surface area contributed by atoms with Crippen LogP contribution in [0.2, 0.25) is 0 Å². The van der Waals surface area contributed by atoms with E-state index in [1.807, 2.05) is 13.8 Å². The molecule has 2 heteroatoms. The molecule has 0 aliphatic heterocycles. The molecular weight excluding hydrogens is 140 g/mol. The first kappa shape index (κ1) is 8.13. The number of carbonyl (C=O) groups is 1. The Hall–Kier alpha value is -0.970. The molecule has 2 nitrogen and oxygen atoms in total. The normalized spacial score (nSPS) is 16.9. The number of rotatable bonds is 1. The largest absolute Gasteiger partial charge is 0.472 e. The van der Waals surface area contributed by atoms with E-state index in [1.54, 1.807) is 0 Å². The van der Waals surface area contributed by atoms with Crippen molar-refractivity contribution >= 4 is 5.97 Å². The van der Waals surface area contributed by atoms with Crippen molar-refractivity contribution in [1.29, 1.82) is 0 Å². The van der Waals surface area contributed by atoms with Gasteiger partial charge in [0.1, 0.15) is 0 Å². The van der Waals surface area contributed by atoms with Crippen molar-refractivity contribution < 1.29 is 9.90 Å². The van der Waals surface area contributed by atoms with Crippen molar-refractivity contribution in [3.05, 3.63) is 0 Å². The first-order valence-electron chi connectivity index (χ1n) is 3.78. The lowest BCUT2D eigenvalue weighted by molar-refractivity contribution is -0.130. The predicted octanol–water partition coefficient (Wildman–Crippen LogP) is 1.51. The average molecular weight is 152 g/mol. The standard InChI is InChI=1S/C9H12O2/c1-9(2,7-3-4-7)6-5-8(10)11/h7H,3-4H2,1-2H3,(H,10,11). The summed E-state index contributed by atoms with van der Waals surface area (Å²) in [5.74, 6) is 4.54. The zero-order valence-corrected chi connectivity index (χ0v) is 6.85. The molecule has 0 spiro atoms. The second-order valence-electron chi connectivity index (χ2n) is 3.55. The Balaban J connectivity index is 2.59. The number of hydrogen-bond donors (Lipinski definition) is 1. The minimum atomic E-state index is -1.03. The topological polar surface area (TPSA) is 37.3 Å². The average Bonchev–Trinajstić information content (AvgIpc) is 2.64. The molecule has 0 amide bonds. The van der Waals surface area contributed by atoms with E-state index in [4.69, 9.17) is 5.11 Å². The van der Waals surface area contributed by atoms with Gasteiger partial charge in [0.15, 0.2) is 0 Å². The van der Waals surface area contributed by atoms with Gasteiger partial charge in [-0.05, 0) is 32.6 Å². The van der Waals surface area contributed by atoms with Gasteiger partial charge in [-0.1, -0.05) is 5.92 Å². The van der Waals surface area contributed by atoms with Crippen LogP contribution in [0.4, 0.5) is 0 Å². The molecular formula is C9H12O2. The van der Waals surface area contributed by atoms with Crippen LogP contribution in [0.25, 0.3) is 0 Å². The molecule has 0 atom stereocenters. The van der Waals surface area contributed by atoms with Gasteiger partial charge in [-0.3, -0.25) is 0 Å². The summed E-state index contributed by atoms with van der Waals surface area (Å²) in [5, 5.41) is 8.31. The van der Waals surface area contributed by atoms with Crippen molar-refractivity contribution in [2.24, 2.45) is 11.3 Å². The molecule has 1 rings (SSSR count). The summed E-state index contributed by atoms with van der Waals surface area (Å²) in [5.41, 5.74) is -0.0988. The number of hydrogen-bond acceptors (Lipinski definition) is 1. The monoisotopic (exact) mass is 152 g/mol. The summed E-state index contributed by atoms with van der Waals surface area (Å²) >= 11 is 0. The van der Waals surface area contributed by atoms with Crippen LogP contribution in [0.3, 0.4) is 0 Å². The maximum absolute atomic E-state index is 10.1. The molecule has 0 aromatic carbocycles. The lowest BCUT2D eigenvalue weighted by Crippen LogP contribution is -2.11. The van der Waals surface area contributed by atoms with Gasteiger partial charge in [-0.2, -0.15) is 0 Å². The molecule has 0 aromatic heterocycles. The van der Waals surface area contributed by atoms with Crippen molar-refractivity contribution in [2.45, 2.75) is 26.7 Å². The van der Waals surface area contributed by atoms with E-state index < -0.39 is 5.97 Å². The van der Waals surface area contributed by atoms with Gasteiger partial charge in [0, 0.05) is 11.3 Å². The highest BCUT2D eigenvalue weighted by molar-refractivity contribution is 5.86. The van der Waals surface area contributed by atoms with Crippen molar-refractivity contribution in [2.75, 3.05) is 0 Å². The lowest BCUT2D eigenvalue weighted by atomic mass is 9.88. The van der Waals surface area contributed by atoms with Crippen LogP contribution in [0.5, 0.6) is 0 Å². The van der Waals surface area contributed by atoms with Gasteiger partial charge in [-0.15, -0.1) is 0 Å². The smallest absolute Gasteiger partial charge is 0.381 e. The molecule has 60 valence electrons. The molecule has 1 N–H and O–H groups in total. The number of carboxylic acid groups (broad SMARTS) is 1. The van der Waals surface area contributed by atoms with Gasteiger partial charge >= 0.3 is 5.97 Å². The molecule has 11 heavy (non-hydrogen) atoms. The van der Waals surface area contributed by atoms with Gasteiger partial charge in [-0.25, -0.2) is 4.79 Å². The third kappa shape index (κ3) is 2.27. The molecule has 0 bridgehead atoms. The summed E-state index contributed by atoms with van der Waals surface area (Å²) in [6.45, 7) is 4.00. The van der Waals surface area contributed by atoms with E-state index in [9.17, 15) is 4.79 Å². The van der Waals surface area contributed by atoms with Crippen molar-refractivity contribution in [3.63, 3.8) is 0 Å². The fourth-order valence-electron chi connectivity index (χ4n) is 1.12. The van der Waals surface area contributed by atoms with Crippen LogP contribution in [0.15, 0.2) is 0 Å². The SMILES string of the molecule is CC(C)(C#CC(=O)O)C1CC1. The van der Waals surface area contributed by atoms with Gasteiger partial charge < -0.3 is 5.11 Å². The lowest BCUT2D eigenvalue weighted by Gasteiger charge is -2.14. The number of carboxylic acids is 1. The molecule has 1 aliphatic rings. The Morgan fingerprint density at radius 1 is 1.55 bits per heavy atom. The number of aliphatic carboxylic acids is 1. The quantitative estimate of drug-likeness (QED) is 0.578. The molecule has 0 saturated heterocycles. The first-order chi connectivity index (χ1) is 5.02. The third-order valence-corrected chi connectivity index (χ3v) is 2.09. The molecule has 1 saturated carbocycles. The highest BCUT2D eigenvalue weighted by Crippen LogP contribution is 2.44. The van der Waals surface area contributed by atoms with Gasteiger partial charge in [0.25, 0.3) is 0 Å². The third-order valence-electron chi connectivity index (χ3n) is 2.09. The van der Waals surface area contributed by atoms with Crippen molar-refractivity contribution in [3.8, 4) is 11.8 Å². The molecule has 0 heterocycles. The van der Waals surface area contributed by atoms with E-state index in [-0.39, 0.29) is 5.41 Å². The van der Waals surface area contributed by atoms with Crippen LogP contribution in [0, 0.1) is 23.2 Å². The second-order valence-corrected chi connectivity index (χ2v) is 3.55. The maximum atomic E-state index is 10.1. The minimum Gasteiger partial charge on any atom is -0.472 e. The Bertz CT molecular complexity index is 226. The van der Waals surface area contributed by atoms with E-state index in [1.165, 1.54) is 12.8 Å². The second kappa shape index (κ2) is 2.58. The maximum Gasteiger partial charge on any atom is 0.381 e. The molecule has 0 radical (unpaired) electrons. The van der Waals surface area contributed by atoms with Crippen LogP contribution in [0.1, 0.15) is 26.7 Å². The fourth-order valence-corrected chi connectivity index (χ4v) is 1.12. The zero-order valence-electron chi connectivity index (χ0n) is 6.85. The van der Waals surface area contributed by atoms with Crippen LogP contribution < -0.4 is 0 Å². The summed E-state index contributed by atoms with van der Waals surface area (Å²) in [6, 6.07) is 0. The molecule has 1 aliphatic carbocycles. The van der Waals surface area contributed by atoms with E-state index in [0.717, 1.165) is 0 Å². The minimum absolute atomic E-state index is 0.0988. The predicted molar refractivity (Wildman–Crippen MR) is 41.9 cm³/mol. The Morgan fingerprint density at radius 3 is 2.45 bits per heavy atom. The fraction of sp³-hybridized carbons (Fsp3) is 0.667. The van der Waals surface area contributed by atoms with Gasteiger partial charge in [0.2, 0.25) is 0 Å². The highest BCUT2D eigenvalue weighted by atomic mass is 16.4. The summed E-state index contributed by atoms with van der Waals surface area (Å²) in [4.78, 5) is 10.1. The van der Waals surface area contributed by atoms with Crippen LogP contribution in [-0.4, -0.2) is 11.1 Å². The van der Waals surface area contributed by atoms with E-state index in [2.05, 4.69) is 11.8 Å². The highest BCUT2D eigenvalue weighted by Gasteiger charge is 2.36. The summed E-state index contributed by atoms with van der Waals surface area (Å²) in [7, 11) is 0. The summed E-state index contributed by atoms with van der Waals surface area (Å²) < 4.78 is 0. The zero-order chi connectivity index (χ0) is 8.48. The summed E-state index contributed by atoms with van der Waals surface area (Å²) in [6.07, 6.45) is 2.39. The van der Waals surface area contributed by atoms with E-state index in [0.29, 0.717) is 5.92 Å². The molecule has 1 fully saturated rings. The Labute approximate surface area is 66.6 Å². The molecule has 0 unspecified atom stereocenters. The van der Waals surface area contributed by atoms with Crippen LogP contribution in [-0.2, 0) is 4.79 Å². The van der Waals surface area contributed by atoms with E-state index >= 15 is 0 Å². The van der Waals surface area contributed by atoms with Crippen molar-refractivity contribution in [1.82, 2.24) is 0 Å².